The van der Waals surface area contributed by atoms with Crippen LogP contribution in [-0.2, 0) is 11.8 Å². The summed E-state index contributed by atoms with van der Waals surface area (Å²) < 4.78 is 16.3. The Morgan fingerprint density at radius 1 is 1.03 bits per heavy atom. The van der Waals surface area contributed by atoms with Gasteiger partial charge in [0.2, 0.25) is 0 Å². The lowest BCUT2D eigenvalue weighted by Crippen LogP contribution is -2.49. The molecule has 3 rings (SSSR count). The van der Waals surface area contributed by atoms with Crippen molar-refractivity contribution < 1.29 is 14.0 Å². The molecule has 0 atom stereocenters. The third-order valence-electron chi connectivity index (χ3n) is 7.66. The zero-order chi connectivity index (χ0) is 28.7. The molecular weight excluding hydrogens is 479 g/mol. The number of benzene rings is 1. The van der Waals surface area contributed by atoms with Gasteiger partial charge in [-0.1, -0.05) is 13.8 Å². The molecular formula is C31H45FN4O2. The van der Waals surface area contributed by atoms with Crippen molar-refractivity contribution in [3.63, 3.8) is 0 Å². The van der Waals surface area contributed by atoms with E-state index < -0.39 is 5.54 Å². The number of hydrogen-bond donors (Lipinski definition) is 0. The number of amides is 2. The Kier molecular flexibility index (Phi) is 8.32. The monoisotopic (exact) mass is 524 g/mol. The molecule has 7 heteroatoms. The lowest BCUT2D eigenvalue weighted by molar-refractivity contribution is -0.113. The van der Waals surface area contributed by atoms with E-state index in [-0.39, 0.29) is 23.2 Å². The second-order valence-electron chi connectivity index (χ2n) is 12.2. The standard InChI is InChI=1S/C31H45FN4O2/c1-12-34(13-2)16-17-35(30(5,6)7)29(38)27-20(3)26(33(11)21(27)4)19-24-23-18-22(32)14-15-25(23)36(28(24)37)31(8,9)10/h14-15,18-19H,12-13,16-17H2,1-11H3/b24-19-. The molecule has 1 aliphatic rings. The van der Waals surface area contributed by atoms with Crippen LogP contribution in [0.2, 0.25) is 0 Å². The molecule has 0 N–H and O–H groups in total. The van der Waals surface area contributed by atoms with E-state index in [4.69, 9.17) is 0 Å². The van der Waals surface area contributed by atoms with Crippen LogP contribution in [0.1, 0.15) is 88.3 Å². The second-order valence-corrected chi connectivity index (χ2v) is 12.2. The van der Waals surface area contributed by atoms with Gasteiger partial charge >= 0.3 is 0 Å². The van der Waals surface area contributed by atoms with Gasteiger partial charge in [0.25, 0.3) is 11.8 Å². The predicted octanol–water partition coefficient (Wildman–Crippen LogP) is 6.05. The zero-order valence-corrected chi connectivity index (χ0v) is 25.1. The number of halogens is 1. The number of aromatic nitrogens is 1. The number of anilines is 1. The normalized spacial score (nSPS) is 15.1. The summed E-state index contributed by atoms with van der Waals surface area (Å²) in [6.07, 6.45) is 1.82. The van der Waals surface area contributed by atoms with E-state index in [1.54, 1.807) is 11.0 Å². The van der Waals surface area contributed by atoms with Crippen LogP contribution in [0.4, 0.5) is 10.1 Å². The van der Waals surface area contributed by atoms with Crippen molar-refractivity contribution >= 4 is 29.2 Å². The number of hydrogen-bond acceptors (Lipinski definition) is 3. The van der Waals surface area contributed by atoms with Gasteiger partial charge in [-0.3, -0.25) is 9.59 Å². The molecule has 0 saturated heterocycles. The average molecular weight is 525 g/mol. The van der Waals surface area contributed by atoms with Crippen LogP contribution in [0, 0.1) is 19.7 Å². The summed E-state index contributed by atoms with van der Waals surface area (Å²) in [4.78, 5) is 33.7. The Morgan fingerprint density at radius 3 is 2.16 bits per heavy atom. The van der Waals surface area contributed by atoms with E-state index in [2.05, 4.69) is 39.5 Å². The minimum absolute atomic E-state index is 0.0135. The van der Waals surface area contributed by atoms with E-state index >= 15 is 0 Å². The SMILES string of the molecule is CCN(CC)CCN(C(=O)c1c(C)c(/C=C2\C(=O)N(C(C)(C)C)c3ccc(F)cc32)n(C)c1C)C(C)(C)C. The van der Waals surface area contributed by atoms with Gasteiger partial charge in [0, 0.05) is 48.2 Å². The van der Waals surface area contributed by atoms with Crippen LogP contribution in [0.25, 0.3) is 11.6 Å². The highest BCUT2D eigenvalue weighted by Gasteiger charge is 2.39. The molecule has 0 unspecified atom stereocenters. The maximum atomic E-state index is 14.3. The van der Waals surface area contributed by atoms with Crippen molar-refractivity contribution in [2.24, 2.45) is 7.05 Å². The summed E-state index contributed by atoms with van der Waals surface area (Å²) in [5.74, 6) is -0.567. The van der Waals surface area contributed by atoms with E-state index in [9.17, 15) is 14.0 Å². The largest absolute Gasteiger partial charge is 0.347 e. The molecule has 0 aliphatic carbocycles. The van der Waals surface area contributed by atoms with Crippen LogP contribution in [0.15, 0.2) is 18.2 Å². The number of carbonyl (C=O) groups is 2. The van der Waals surface area contributed by atoms with Crippen molar-refractivity contribution in [3.05, 3.63) is 52.1 Å². The number of carbonyl (C=O) groups excluding carboxylic acids is 2. The van der Waals surface area contributed by atoms with Gasteiger partial charge in [-0.05, 0) is 98.3 Å². The van der Waals surface area contributed by atoms with Gasteiger partial charge in [0.05, 0.1) is 16.8 Å². The minimum atomic E-state index is -0.475. The van der Waals surface area contributed by atoms with Crippen molar-refractivity contribution in [1.29, 1.82) is 0 Å². The fourth-order valence-electron chi connectivity index (χ4n) is 5.38. The highest BCUT2D eigenvalue weighted by molar-refractivity contribution is 6.36. The molecule has 2 heterocycles. The van der Waals surface area contributed by atoms with Gasteiger partial charge in [-0.25, -0.2) is 4.39 Å². The van der Waals surface area contributed by atoms with Crippen molar-refractivity contribution in [2.45, 2.75) is 80.3 Å². The summed E-state index contributed by atoms with van der Waals surface area (Å²) in [7, 11) is 1.91. The smallest absolute Gasteiger partial charge is 0.259 e. The third-order valence-corrected chi connectivity index (χ3v) is 7.66. The Labute approximate surface area is 228 Å². The van der Waals surface area contributed by atoms with E-state index in [0.29, 0.717) is 28.9 Å². The van der Waals surface area contributed by atoms with Gasteiger partial charge in [0.15, 0.2) is 0 Å². The Bertz CT molecular complexity index is 1260. The maximum absolute atomic E-state index is 14.3. The highest BCUT2D eigenvalue weighted by atomic mass is 19.1. The molecule has 0 fully saturated rings. The van der Waals surface area contributed by atoms with Crippen LogP contribution in [0.5, 0.6) is 0 Å². The first-order chi connectivity index (χ1) is 17.5. The fraction of sp³-hybridized carbons (Fsp3) is 0.548. The maximum Gasteiger partial charge on any atom is 0.259 e. The summed E-state index contributed by atoms with van der Waals surface area (Å²) in [5, 5.41) is 0. The number of likely N-dealkylation sites (N-methyl/N-ethyl adjacent to an activating group) is 1. The van der Waals surface area contributed by atoms with Crippen LogP contribution >= 0.6 is 0 Å². The van der Waals surface area contributed by atoms with Crippen molar-refractivity contribution in [2.75, 3.05) is 31.1 Å². The highest BCUT2D eigenvalue weighted by Crippen LogP contribution is 2.42. The summed E-state index contributed by atoms with van der Waals surface area (Å²) in [6, 6.07) is 4.49. The third kappa shape index (κ3) is 5.44. The summed E-state index contributed by atoms with van der Waals surface area (Å²) >= 11 is 0. The van der Waals surface area contributed by atoms with E-state index in [1.165, 1.54) is 12.1 Å². The lowest BCUT2D eigenvalue weighted by Gasteiger charge is -2.37. The van der Waals surface area contributed by atoms with Crippen molar-refractivity contribution in [3.8, 4) is 0 Å². The molecule has 208 valence electrons. The second kappa shape index (κ2) is 10.7. The molecule has 0 radical (unpaired) electrons. The Morgan fingerprint density at radius 2 is 1.63 bits per heavy atom. The predicted molar refractivity (Wildman–Crippen MR) is 155 cm³/mol. The molecule has 2 aromatic rings. The summed E-state index contributed by atoms with van der Waals surface area (Å²) in [6.45, 7) is 23.5. The topological polar surface area (TPSA) is 48.8 Å². The molecule has 0 saturated carbocycles. The van der Waals surface area contributed by atoms with Gasteiger partial charge in [-0.2, -0.15) is 0 Å². The first-order valence-electron chi connectivity index (χ1n) is 13.6. The van der Waals surface area contributed by atoms with Crippen molar-refractivity contribution in [1.82, 2.24) is 14.4 Å². The van der Waals surface area contributed by atoms with Crippen LogP contribution in [0.3, 0.4) is 0 Å². The molecule has 0 spiro atoms. The molecule has 1 aromatic heterocycles. The number of rotatable bonds is 7. The molecule has 38 heavy (non-hydrogen) atoms. The van der Waals surface area contributed by atoms with E-state index in [0.717, 1.165) is 36.6 Å². The first-order valence-corrected chi connectivity index (χ1v) is 13.6. The molecule has 0 bridgehead atoms. The first kappa shape index (κ1) is 29.6. The number of nitrogens with zero attached hydrogens (tertiary/aromatic N) is 4. The zero-order valence-electron chi connectivity index (χ0n) is 25.1. The molecule has 1 aliphatic heterocycles. The fourth-order valence-corrected chi connectivity index (χ4v) is 5.38. The summed E-state index contributed by atoms with van der Waals surface area (Å²) in [5.41, 5.74) is 3.97. The molecule has 2 amide bonds. The average Bonchev–Trinajstić information content (AvgIpc) is 3.20. The van der Waals surface area contributed by atoms with Gasteiger partial charge < -0.3 is 19.3 Å². The Balaban J connectivity index is 2.12. The van der Waals surface area contributed by atoms with Gasteiger partial charge in [-0.15, -0.1) is 0 Å². The molecule has 1 aromatic carbocycles. The minimum Gasteiger partial charge on any atom is -0.347 e. The quantitative estimate of drug-likeness (QED) is 0.415. The van der Waals surface area contributed by atoms with Crippen LogP contribution in [-0.4, -0.2) is 63.4 Å². The lowest BCUT2D eigenvalue weighted by atomic mass is 10.0. The Hall–Kier alpha value is -2.93. The molecule has 6 nitrogen and oxygen atoms in total. The van der Waals surface area contributed by atoms with E-state index in [1.807, 2.05) is 57.2 Å². The van der Waals surface area contributed by atoms with Gasteiger partial charge in [0.1, 0.15) is 5.82 Å². The number of fused-ring (bicyclic) bond motifs is 1. The van der Waals surface area contributed by atoms with Crippen LogP contribution < -0.4 is 4.90 Å².